The molecule has 0 atom stereocenters. The average molecular weight is 259 g/mol. The maximum Gasteiger partial charge on any atom is 0.324 e. The number of para-hydroxylation sites is 1. The number of benzene rings is 1. The van der Waals surface area contributed by atoms with Crippen molar-refractivity contribution in [3.05, 3.63) is 29.8 Å². The molecule has 0 aliphatic carbocycles. The number of likely N-dealkylation sites (N-methyl/N-ethyl adjacent to an activating group) is 1. The summed E-state index contributed by atoms with van der Waals surface area (Å²) in [5.74, 6) is 0.580. The predicted octanol–water partition coefficient (Wildman–Crippen LogP) is 2.03. The van der Waals surface area contributed by atoms with Crippen LogP contribution in [0.5, 0.6) is 0 Å². The molecule has 0 spiro atoms. The molecule has 2 aliphatic rings. The minimum Gasteiger partial charge on any atom is -0.326 e. The molecule has 0 unspecified atom stereocenters. The summed E-state index contributed by atoms with van der Waals surface area (Å²) in [5, 5.41) is 3.40. The number of anilines is 1. The molecule has 1 aromatic rings. The molecule has 0 aromatic heterocycles. The van der Waals surface area contributed by atoms with Gasteiger partial charge < -0.3 is 10.2 Å². The second kappa shape index (κ2) is 5.21. The molecule has 4 nitrogen and oxygen atoms in total. The number of hydrogen-bond acceptors (Lipinski definition) is 2. The number of carbonyl (C=O) groups excluding carboxylic acids is 1. The van der Waals surface area contributed by atoms with Gasteiger partial charge in [0.05, 0.1) is 0 Å². The second-order valence-electron chi connectivity index (χ2n) is 5.44. The van der Waals surface area contributed by atoms with E-state index < -0.39 is 0 Å². The zero-order valence-electron chi connectivity index (χ0n) is 11.4. The van der Waals surface area contributed by atoms with Crippen molar-refractivity contribution in [3.8, 4) is 0 Å². The number of piperidine rings is 1. The van der Waals surface area contributed by atoms with Crippen LogP contribution in [0.2, 0.25) is 0 Å². The molecule has 2 fully saturated rings. The summed E-state index contributed by atoms with van der Waals surface area (Å²) in [6, 6.07) is 8.53. The Hall–Kier alpha value is -1.55. The van der Waals surface area contributed by atoms with Crippen LogP contribution in [0, 0.1) is 0 Å². The molecule has 3 rings (SSSR count). The van der Waals surface area contributed by atoms with E-state index in [1.165, 1.54) is 5.56 Å². The van der Waals surface area contributed by atoms with Crippen molar-refractivity contribution in [1.82, 2.24) is 10.2 Å². The summed E-state index contributed by atoms with van der Waals surface area (Å²) >= 11 is 0. The SMILES string of the molecule is CN1CCN(c2ccccc2C2CCNCC2)C1=O. The highest BCUT2D eigenvalue weighted by atomic mass is 16.2. The first-order chi connectivity index (χ1) is 9.27. The number of urea groups is 1. The van der Waals surface area contributed by atoms with E-state index >= 15 is 0 Å². The molecule has 0 bridgehead atoms. The molecular weight excluding hydrogens is 238 g/mol. The lowest BCUT2D eigenvalue weighted by atomic mass is 9.89. The van der Waals surface area contributed by atoms with Crippen molar-refractivity contribution < 1.29 is 4.79 Å². The lowest BCUT2D eigenvalue weighted by Crippen LogP contribution is -2.31. The molecule has 2 aliphatic heterocycles. The maximum atomic E-state index is 12.2. The fraction of sp³-hybridized carbons (Fsp3) is 0.533. The van der Waals surface area contributed by atoms with Crippen LogP contribution in [0.1, 0.15) is 24.3 Å². The first kappa shape index (κ1) is 12.5. The largest absolute Gasteiger partial charge is 0.326 e. The van der Waals surface area contributed by atoms with Gasteiger partial charge in [0.25, 0.3) is 0 Å². The van der Waals surface area contributed by atoms with E-state index in [1.54, 1.807) is 4.90 Å². The molecular formula is C15H21N3O. The topological polar surface area (TPSA) is 35.6 Å². The van der Waals surface area contributed by atoms with Gasteiger partial charge >= 0.3 is 6.03 Å². The van der Waals surface area contributed by atoms with E-state index in [-0.39, 0.29) is 6.03 Å². The van der Waals surface area contributed by atoms with Gasteiger partial charge in [-0.2, -0.15) is 0 Å². The van der Waals surface area contributed by atoms with Gasteiger partial charge in [-0.1, -0.05) is 18.2 Å². The Kier molecular flexibility index (Phi) is 3.42. The Morgan fingerprint density at radius 2 is 1.89 bits per heavy atom. The van der Waals surface area contributed by atoms with Crippen LogP contribution in [-0.4, -0.2) is 44.2 Å². The van der Waals surface area contributed by atoms with Crippen LogP contribution in [0.25, 0.3) is 0 Å². The molecule has 2 heterocycles. The molecule has 0 saturated carbocycles. The Bertz CT molecular complexity index is 468. The van der Waals surface area contributed by atoms with Crippen LogP contribution in [0.15, 0.2) is 24.3 Å². The predicted molar refractivity (Wildman–Crippen MR) is 76.7 cm³/mol. The fourth-order valence-electron chi connectivity index (χ4n) is 3.08. The van der Waals surface area contributed by atoms with E-state index in [2.05, 4.69) is 23.5 Å². The highest BCUT2D eigenvalue weighted by Gasteiger charge is 2.29. The van der Waals surface area contributed by atoms with Crippen molar-refractivity contribution in [1.29, 1.82) is 0 Å². The summed E-state index contributed by atoms with van der Waals surface area (Å²) in [7, 11) is 1.87. The van der Waals surface area contributed by atoms with Gasteiger partial charge in [0.15, 0.2) is 0 Å². The molecule has 2 saturated heterocycles. The van der Waals surface area contributed by atoms with Crippen LogP contribution in [0.3, 0.4) is 0 Å². The Morgan fingerprint density at radius 1 is 1.16 bits per heavy atom. The third kappa shape index (κ3) is 2.32. The van der Waals surface area contributed by atoms with E-state index in [1.807, 2.05) is 18.0 Å². The number of amides is 2. The van der Waals surface area contributed by atoms with Gasteiger partial charge in [0.1, 0.15) is 0 Å². The van der Waals surface area contributed by atoms with Crippen molar-refractivity contribution >= 4 is 11.7 Å². The van der Waals surface area contributed by atoms with Crippen LogP contribution in [-0.2, 0) is 0 Å². The van der Waals surface area contributed by atoms with Gasteiger partial charge in [0.2, 0.25) is 0 Å². The Labute approximate surface area is 114 Å². The molecule has 19 heavy (non-hydrogen) atoms. The molecule has 1 aromatic carbocycles. The number of rotatable bonds is 2. The van der Waals surface area contributed by atoms with Gasteiger partial charge in [-0.05, 0) is 43.5 Å². The van der Waals surface area contributed by atoms with Gasteiger partial charge in [0, 0.05) is 25.8 Å². The first-order valence-electron chi connectivity index (χ1n) is 7.09. The molecule has 2 amide bonds. The van der Waals surface area contributed by atoms with Crippen molar-refractivity contribution in [3.63, 3.8) is 0 Å². The normalized spacial score (nSPS) is 21.2. The summed E-state index contributed by atoms with van der Waals surface area (Å²) < 4.78 is 0. The van der Waals surface area contributed by atoms with E-state index in [0.717, 1.165) is 44.7 Å². The standard InChI is InChI=1S/C15H21N3O/c1-17-10-11-18(15(17)19)14-5-3-2-4-13(14)12-6-8-16-9-7-12/h2-5,12,16H,6-11H2,1H3. The van der Waals surface area contributed by atoms with Crippen LogP contribution < -0.4 is 10.2 Å². The fourth-order valence-corrected chi connectivity index (χ4v) is 3.08. The lowest BCUT2D eigenvalue weighted by Gasteiger charge is -2.27. The van der Waals surface area contributed by atoms with Crippen molar-refractivity contribution in [2.24, 2.45) is 0 Å². The quantitative estimate of drug-likeness (QED) is 0.882. The average Bonchev–Trinajstić information content (AvgIpc) is 2.80. The molecule has 0 radical (unpaired) electrons. The van der Waals surface area contributed by atoms with Crippen LogP contribution in [0.4, 0.5) is 10.5 Å². The van der Waals surface area contributed by atoms with E-state index in [4.69, 9.17) is 0 Å². The number of carbonyl (C=O) groups is 1. The van der Waals surface area contributed by atoms with Crippen molar-refractivity contribution in [2.45, 2.75) is 18.8 Å². The minimum absolute atomic E-state index is 0.126. The van der Waals surface area contributed by atoms with Gasteiger partial charge in [-0.25, -0.2) is 4.79 Å². The third-order valence-electron chi connectivity index (χ3n) is 4.22. The lowest BCUT2D eigenvalue weighted by molar-refractivity contribution is 0.229. The number of hydrogen-bond donors (Lipinski definition) is 1. The summed E-state index contributed by atoms with van der Waals surface area (Å²) in [6.07, 6.45) is 2.32. The van der Waals surface area contributed by atoms with E-state index in [0.29, 0.717) is 5.92 Å². The Balaban J connectivity index is 1.91. The van der Waals surface area contributed by atoms with Gasteiger partial charge in [-0.3, -0.25) is 4.90 Å². The second-order valence-corrected chi connectivity index (χ2v) is 5.44. The Morgan fingerprint density at radius 3 is 2.58 bits per heavy atom. The highest BCUT2D eigenvalue weighted by molar-refractivity contribution is 5.94. The summed E-state index contributed by atoms with van der Waals surface area (Å²) in [4.78, 5) is 15.9. The number of nitrogens with zero attached hydrogens (tertiary/aromatic N) is 2. The minimum atomic E-state index is 0.126. The van der Waals surface area contributed by atoms with Gasteiger partial charge in [-0.15, -0.1) is 0 Å². The zero-order chi connectivity index (χ0) is 13.2. The molecule has 4 heteroatoms. The summed E-state index contributed by atoms with van der Waals surface area (Å²) in [5.41, 5.74) is 2.46. The zero-order valence-corrected chi connectivity index (χ0v) is 11.4. The summed E-state index contributed by atoms with van der Waals surface area (Å²) in [6.45, 7) is 3.77. The first-order valence-corrected chi connectivity index (χ1v) is 7.09. The number of nitrogens with one attached hydrogen (secondary N) is 1. The maximum absolute atomic E-state index is 12.2. The van der Waals surface area contributed by atoms with E-state index in [9.17, 15) is 4.79 Å². The monoisotopic (exact) mass is 259 g/mol. The van der Waals surface area contributed by atoms with Crippen molar-refractivity contribution in [2.75, 3.05) is 38.1 Å². The molecule has 102 valence electrons. The van der Waals surface area contributed by atoms with Crippen LogP contribution >= 0.6 is 0 Å². The molecule has 1 N–H and O–H groups in total. The third-order valence-corrected chi connectivity index (χ3v) is 4.22. The highest BCUT2D eigenvalue weighted by Crippen LogP contribution is 2.34. The smallest absolute Gasteiger partial charge is 0.324 e.